The maximum Gasteiger partial charge on any atom is -0.0417 e. The molecule has 49 valence electrons. The first kappa shape index (κ1) is 8.00. The molecule has 1 atom stereocenters. The molecular formula is C8H17. The first-order chi connectivity index (χ1) is 3.85. The summed E-state index contributed by atoms with van der Waals surface area (Å²) in [5.74, 6) is 0.889. The van der Waals surface area contributed by atoms with Gasteiger partial charge in [-0.1, -0.05) is 46.5 Å². The molecule has 0 amide bonds. The summed E-state index contributed by atoms with van der Waals surface area (Å²) < 4.78 is 0. The van der Waals surface area contributed by atoms with E-state index in [-0.39, 0.29) is 0 Å². The van der Waals surface area contributed by atoms with Crippen LogP contribution in [0, 0.1) is 12.8 Å². The largest absolute Gasteiger partial charge is 0.0654 e. The molecule has 0 saturated carbocycles. The van der Waals surface area contributed by atoms with Crippen LogP contribution in [0.2, 0.25) is 0 Å². The summed E-state index contributed by atoms with van der Waals surface area (Å²) in [7, 11) is 0. The summed E-state index contributed by atoms with van der Waals surface area (Å²) in [5, 5.41) is 0. The molecule has 0 spiro atoms. The Bertz CT molecular complexity index is 35.3. The Morgan fingerprint density at radius 2 is 2.00 bits per heavy atom. The lowest BCUT2D eigenvalue weighted by Gasteiger charge is -2.08. The molecule has 0 heteroatoms. The van der Waals surface area contributed by atoms with E-state index in [4.69, 9.17) is 0 Å². The summed E-state index contributed by atoms with van der Waals surface area (Å²) in [5.41, 5.74) is 0. The van der Waals surface area contributed by atoms with E-state index >= 15 is 0 Å². The third-order valence-electron chi connectivity index (χ3n) is 1.68. The van der Waals surface area contributed by atoms with Crippen molar-refractivity contribution in [2.75, 3.05) is 0 Å². The van der Waals surface area contributed by atoms with Gasteiger partial charge in [0.25, 0.3) is 0 Å². The van der Waals surface area contributed by atoms with Crippen molar-refractivity contribution in [1.29, 1.82) is 0 Å². The van der Waals surface area contributed by atoms with Crippen LogP contribution in [0.3, 0.4) is 0 Å². The van der Waals surface area contributed by atoms with Crippen LogP contribution in [0.1, 0.15) is 39.5 Å². The molecule has 0 nitrogen and oxygen atoms in total. The van der Waals surface area contributed by atoms with Crippen LogP contribution >= 0.6 is 0 Å². The Kier molecular flexibility index (Phi) is 5.14. The van der Waals surface area contributed by atoms with Gasteiger partial charge in [-0.05, 0) is 5.92 Å². The van der Waals surface area contributed by atoms with Gasteiger partial charge in [-0.2, -0.15) is 0 Å². The van der Waals surface area contributed by atoms with Crippen LogP contribution in [0.25, 0.3) is 0 Å². The van der Waals surface area contributed by atoms with Gasteiger partial charge in [0.05, 0.1) is 0 Å². The second kappa shape index (κ2) is 5.14. The number of hydrogen-bond acceptors (Lipinski definition) is 0. The van der Waals surface area contributed by atoms with Crippen LogP contribution in [-0.4, -0.2) is 0 Å². The van der Waals surface area contributed by atoms with Gasteiger partial charge in [0.1, 0.15) is 0 Å². The molecule has 0 aliphatic heterocycles. The first-order valence-corrected chi connectivity index (χ1v) is 3.64. The van der Waals surface area contributed by atoms with Gasteiger partial charge in [0.15, 0.2) is 0 Å². The highest BCUT2D eigenvalue weighted by atomic mass is 14.0. The maximum absolute atomic E-state index is 3.88. The molecule has 0 fully saturated rings. The third-order valence-corrected chi connectivity index (χ3v) is 1.68. The van der Waals surface area contributed by atoms with Crippen molar-refractivity contribution in [1.82, 2.24) is 0 Å². The lowest BCUT2D eigenvalue weighted by atomic mass is 9.98. The molecule has 8 heavy (non-hydrogen) atoms. The lowest BCUT2D eigenvalue weighted by molar-refractivity contribution is 0.469. The Balaban J connectivity index is 3.07. The molecule has 1 radical (unpaired) electrons. The molecule has 0 aromatic rings. The smallest absolute Gasteiger partial charge is 0.0417 e. The zero-order valence-corrected chi connectivity index (χ0v) is 6.11. The van der Waals surface area contributed by atoms with Gasteiger partial charge in [-0.15, -0.1) is 0 Å². The Hall–Kier alpha value is 0. The van der Waals surface area contributed by atoms with Gasteiger partial charge >= 0.3 is 0 Å². The van der Waals surface area contributed by atoms with Crippen molar-refractivity contribution >= 4 is 0 Å². The molecule has 0 rings (SSSR count). The van der Waals surface area contributed by atoms with E-state index in [1.165, 1.54) is 19.3 Å². The molecular weight excluding hydrogens is 96.1 g/mol. The fourth-order valence-corrected chi connectivity index (χ4v) is 0.961. The quantitative estimate of drug-likeness (QED) is 0.525. The fourth-order valence-electron chi connectivity index (χ4n) is 0.961. The summed E-state index contributed by atoms with van der Waals surface area (Å²) in [6, 6.07) is 0. The molecule has 0 unspecified atom stereocenters. The van der Waals surface area contributed by atoms with Crippen LogP contribution in [0.15, 0.2) is 0 Å². The molecule has 0 N–H and O–H groups in total. The summed E-state index contributed by atoms with van der Waals surface area (Å²) >= 11 is 0. The van der Waals surface area contributed by atoms with Crippen molar-refractivity contribution in [3.05, 3.63) is 6.92 Å². The van der Waals surface area contributed by atoms with E-state index in [0.29, 0.717) is 0 Å². The van der Waals surface area contributed by atoms with Crippen LogP contribution in [0.4, 0.5) is 0 Å². The van der Waals surface area contributed by atoms with E-state index in [2.05, 4.69) is 20.8 Å². The average molecular weight is 113 g/mol. The summed E-state index contributed by atoms with van der Waals surface area (Å²) in [4.78, 5) is 0. The SMILES string of the molecule is [CH2]C[C@@H](CC)CCC. The number of hydrogen-bond donors (Lipinski definition) is 0. The second-order valence-electron chi connectivity index (χ2n) is 2.35. The maximum atomic E-state index is 3.88. The summed E-state index contributed by atoms with van der Waals surface area (Å²) in [6.07, 6.45) is 5.09. The zero-order valence-electron chi connectivity index (χ0n) is 6.11. The van der Waals surface area contributed by atoms with E-state index in [9.17, 15) is 0 Å². The highest BCUT2D eigenvalue weighted by molar-refractivity contribution is 4.56. The van der Waals surface area contributed by atoms with Crippen LogP contribution < -0.4 is 0 Å². The lowest BCUT2D eigenvalue weighted by Crippen LogP contribution is -1.94. The average Bonchev–Trinajstić information content (AvgIpc) is 1.83. The van der Waals surface area contributed by atoms with Gasteiger partial charge in [0, 0.05) is 0 Å². The minimum absolute atomic E-state index is 0.889. The minimum atomic E-state index is 0.889. The van der Waals surface area contributed by atoms with E-state index < -0.39 is 0 Å². The highest BCUT2D eigenvalue weighted by Crippen LogP contribution is 2.13. The van der Waals surface area contributed by atoms with Crippen LogP contribution in [-0.2, 0) is 0 Å². The van der Waals surface area contributed by atoms with E-state index in [1.54, 1.807) is 0 Å². The van der Waals surface area contributed by atoms with Crippen molar-refractivity contribution in [2.24, 2.45) is 5.92 Å². The number of rotatable bonds is 4. The second-order valence-corrected chi connectivity index (χ2v) is 2.35. The van der Waals surface area contributed by atoms with Crippen molar-refractivity contribution in [3.63, 3.8) is 0 Å². The molecule has 0 heterocycles. The Labute approximate surface area is 53.3 Å². The fraction of sp³-hybridized carbons (Fsp3) is 0.875. The van der Waals surface area contributed by atoms with Gasteiger partial charge in [-0.3, -0.25) is 0 Å². The first-order valence-electron chi connectivity index (χ1n) is 3.64. The predicted molar refractivity (Wildman–Crippen MR) is 38.7 cm³/mol. The van der Waals surface area contributed by atoms with Crippen molar-refractivity contribution < 1.29 is 0 Å². The third kappa shape index (κ3) is 3.06. The zero-order chi connectivity index (χ0) is 6.41. The highest BCUT2D eigenvalue weighted by Gasteiger charge is 1.98. The van der Waals surface area contributed by atoms with Gasteiger partial charge in [-0.25, -0.2) is 0 Å². The molecule has 0 aliphatic rings. The summed E-state index contributed by atoms with van der Waals surface area (Å²) in [6.45, 7) is 8.35. The molecule has 0 saturated heterocycles. The topological polar surface area (TPSA) is 0 Å². The van der Waals surface area contributed by atoms with Gasteiger partial charge in [0.2, 0.25) is 0 Å². The van der Waals surface area contributed by atoms with Crippen LogP contribution in [0.5, 0.6) is 0 Å². The normalized spacial score (nSPS) is 10.5. The van der Waals surface area contributed by atoms with Crippen molar-refractivity contribution in [3.8, 4) is 0 Å². The molecule has 0 aliphatic carbocycles. The molecule has 0 aromatic carbocycles. The molecule has 0 bridgehead atoms. The van der Waals surface area contributed by atoms with Crippen molar-refractivity contribution in [2.45, 2.75) is 39.5 Å². The van der Waals surface area contributed by atoms with Gasteiger partial charge < -0.3 is 0 Å². The minimum Gasteiger partial charge on any atom is -0.0654 e. The molecule has 0 aromatic heterocycles. The van der Waals surface area contributed by atoms with E-state index in [1.807, 2.05) is 0 Å². The Morgan fingerprint density at radius 1 is 1.38 bits per heavy atom. The monoisotopic (exact) mass is 113 g/mol. The standard InChI is InChI=1S/C8H17/c1-4-7-8(5-2)6-3/h8H,2,4-7H2,1,3H3/t8-/m0/s1. The predicted octanol–water partition coefficient (Wildman–Crippen LogP) is 3.04. The van der Waals surface area contributed by atoms with E-state index in [0.717, 1.165) is 12.3 Å². The Morgan fingerprint density at radius 3 is 2.12 bits per heavy atom.